The fourth-order valence-electron chi connectivity index (χ4n) is 4.93. The molecule has 3 fully saturated rings. The molecule has 122 valence electrons. The van der Waals surface area contributed by atoms with Crippen molar-refractivity contribution in [1.82, 2.24) is 5.43 Å². The topological polar surface area (TPSA) is 47.3 Å². The van der Waals surface area contributed by atoms with E-state index in [1.165, 1.54) is 62.9 Å². The van der Waals surface area contributed by atoms with Crippen molar-refractivity contribution in [3.63, 3.8) is 0 Å². The molecule has 1 aliphatic carbocycles. The second-order valence-corrected chi connectivity index (χ2v) is 8.85. The highest BCUT2D eigenvalue weighted by Gasteiger charge is 2.42. The third kappa shape index (κ3) is 3.77. The molecule has 4 atom stereocenters. The lowest BCUT2D eigenvalue weighted by Crippen LogP contribution is -2.53. The van der Waals surface area contributed by atoms with Crippen molar-refractivity contribution in [2.45, 2.75) is 69.9 Å². The molecule has 1 spiro atoms. The van der Waals surface area contributed by atoms with Crippen LogP contribution in [0.5, 0.6) is 0 Å². The van der Waals surface area contributed by atoms with Crippen LogP contribution in [0.25, 0.3) is 0 Å². The molecule has 21 heavy (non-hydrogen) atoms. The molecule has 0 aromatic rings. The van der Waals surface area contributed by atoms with E-state index in [2.05, 4.69) is 24.1 Å². The van der Waals surface area contributed by atoms with Gasteiger partial charge in [-0.15, -0.1) is 0 Å². The van der Waals surface area contributed by atoms with E-state index in [1.54, 1.807) is 0 Å². The summed E-state index contributed by atoms with van der Waals surface area (Å²) in [4.78, 5) is 0. The van der Waals surface area contributed by atoms with Gasteiger partial charge in [-0.2, -0.15) is 11.8 Å². The molecule has 2 aliphatic heterocycles. The van der Waals surface area contributed by atoms with E-state index in [-0.39, 0.29) is 5.60 Å². The molecule has 4 unspecified atom stereocenters. The van der Waals surface area contributed by atoms with Crippen molar-refractivity contribution >= 4 is 11.8 Å². The van der Waals surface area contributed by atoms with E-state index in [4.69, 9.17) is 10.6 Å². The lowest BCUT2D eigenvalue weighted by atomic mass is 9.70. The Morgan fingerprint density at radius 3 is 2.71 bits per heavy atom. The molecule has 0 aromatic heterocycles. The van der Waals surface area contributed by atoms with Crippen molar-refractivity contribution in [2.75, 3.05) is 18.1 Å². The second-order valence-electron chi connectivity index (χ2n) is 7.62. The smallest absolute Gasteiger partial charge is 0.0701 e. The number of nitrogens with two attached hydrogens (primary N) is 1. The summed E-state index contributed by atoms with van der Waals surface area (Å²) in [6.45, 7) is 3.35. The average molecular weight is 313 g/mol. The second kappa shape index (κ2) is 7.20. The summed E-state index contributed by atoms with van der Waals surface area (Å²) >= 11 is 2.09. The van der Waals surface area contributed by atoms with Gasteiger partial charge in [-0.25, -0.2) is 0 Å². The first-order valence-corrected chi connectivity index (χ1v) is 10.1. The predicted octanol–water partition coefficient (Wildman–Crippen LogP) is 3.34. The van der Waals surface area contributed by atoms with E-state index >= 15 is 0 Å². The first-order chi connectivity index (χ1) is 10.2. The number of hydrazine groups is 1. The maximum atomic E-state index is 6.26. The van der Waals surface area contributed by atoms with E-state index < -0.39 is 0 Å². The van der Waals surface area contributed by atoms with Crippen molar-refractivity contribution < 1.29 is 4.74 Å². The Labute approximate surface area is 134 Å². The number of rotatable bonds is 3. The molecular formula is C17H32N2OS. The fraction of sp³-hybridized carbons (Fsp3) is 1.00. The third-order valence-electron chi connectivity index (χ3n) is 6.12. The van der Waals surface area contributed by atoms with E-state index in [9.17, 15) is 0 Å². The molecule has 0 amide bonds. The predicted molar refractivity (Wildman–Crippen MR) is 90.2 cm³/mol. The van der Waals surface area contributed by atoms with Crippen LogP contribution in [0.3, 0.4) is 0 Å². The lowest BCUT2D eigenvalue weighted by molar-refractivity contribution is -0.111. The highest BCUT2D eigenvalue weighted by atomic mass is 32.2. The van der Waals surface area contributed by atoms with E-state index in [0.29, 0.717) is 12.0 Å². The summed E-state index contributed by atoms with van der Waals surface area (Å²) in [5, 5.41) is 0. The standard InChI is InChI=1S/C17H32N2OS/c1-13-3-2-4-14(11-13)16(19-18)15-5-8-20-17(12-15)6-9-21-10-7-17/h13-16,19H,2-12,18H2,1H3. The molecule has 3 nitrogen and oxygen atoms in total. The number of thioether (sulfide) groups is 1. The lowest BCUT2D eigenvalue weighted by Gasteiger charge is -2.47. The van der Waals surface area contributed by atoms with Crippen molar-refractivity contribution in [1.29, 1.82) is 0 Å². The van der Waals surface area contributed by atoms with Gasteiger partial charge in [-0.1, -0.05) is 19.8 Å². The molecule has 3 rings (SSSR count). The van der Waals surface area contributed by atoms with Gasteiger partial charge in [0.05, 0.1) is 5.60 Å². The van der Waals surface area contributed by atoms with Crippen molar-refractivity contribution in [2.24, 2.45) is 23.6 Å². The summed E-state index contributed by atoms with van der Waals surface area (Å²) < 4.78 is 6.26. The van der Waals surface area contributed by atoms with Crippen LogP contribution in [0, 0.1) is 17.8 Å². The Balaban J connectivity index is 1.65. The van der Waals surface area contributed by atoms with Gasteiger partial charge >= 0.3 is 0 Å². The minimum absolute atomic E-state index is 0.184. The molecule has 2 saturated heterocycles. The number of nitrogens with one attached hydrogen (secondary N) is 1. The van der Waals surface area contributed by atoms with Gasteiger partial charge in [0.25, 0.3) is 0 Å². The third-order valence-corrected chi connectivity index (χ3v) is 7.11. The molecule has 4 heteroatoms. The molecule has 2 heterocycles. The first-order valence-electron chi connectivity index (χ1n) is 8.90. The number of hydrogen-bond donors (Lipinski definition) is 2. The Morgan fingerprint density at radius 1 is 1.19 bits per heavy atom. The first kappa shape index (κ1) is 16.1. The van der Waals surface area contributed by atoms with Crippen LogP contribution in [0.4, 0.5) is 0 Å². The van der Waals surface area contributed by atoms with Gasteiger partial charge in [-0.05, 0) is 67.8 Å². The Bertz CT molecular complexity index is 327. The summed E-state index contributed by atoms with van der Waals surface area (Å²) in [5.41, 5.74) is 3.41. The number of ether oxygens (including phenoxy) is 1. The van der Waals surface area contributed by atoms with Crippen LogP contribution in [0.1, 0.15) is 58.3 Å². The van der Waals surface area contributed by atoms with Gasteiger partial charge in [-0.3, -0.25) is 11.3 Å². The minimum atomic E-state index is 0.184. The highest BCUT2D eigenvalue weighted by Crippen LogP contribution is 2.43. The molecule has 0 bridgehead atoms. The Kier molecular flexibility index (Phi) is 5.52. The van der Waals surface area contributed by atoms with Crippen LogP contribution < -0.4 is 11.3 Å². The van der Waals surface area contributed by atoms with Crippen LogP contribution in [0.15, 0.2) is 0 Å². The van der Waals surface area contributed by atoms with Crippen LogP contribution >= 0.6 is 11.8 Å². The van der Waals surface area contributed by atoms with Gasteiger partial charge in [0.1, 0.15) is 0 Å². The van der Waals surface area contributed by atoms with Crippen LogP contribution in [0.2, 0.25) is 0 Å². The zero-order valence-corrected chi connectivity index (χ0v) is 14.3. The summed E-state index contributed by atoms with van der Waals surface area (Å²) in [7, 11) is 0. The average Bonchev–Trinajstić information content (AvgIpc) is 2.49. The molecule has 0 aromatic carbocycles. The maximum Gasteiger partial charge on any atom is 0.0701 e. The molecule has 3 N–H and O–H groups in total. The van der Waals surface area contributed by atoms with Gasteiger partial charge in [0, 0.05) is 12.6 Å². The highest BCUT2D eigenvalue weighted by molar-refractivity contribution is 7.99. The minimum Gasteiger partial charge on any atom is -0.375 e. The monoisotopic (exact) mass is 312 g/mol. The van der Waals surface area contributed by atoms with Gasteiger partial charge < -0.3 is 4.74 Å². The quantitative estimate of drug-likeness (QED) is 0.620. The van der Waals surface area contributed by atoms with Crippen LogP contribution in [-0.4, -0.2) is 29.8 Å². The Hall–Kier alpha value is 0.230. The van der Waals surface area contributed by atoms with Gasteiger partial charge in [0.2, 0.25) is 0 Å². The van der Waals surface area contributed by atoms with Crippen LogP contribution in [-0.2, 0) is 4.74 Å². The van der Waals surface area contributed by atoms with Crippen molar-refractivity contribution in [3.05, 3.63) is 0 Å². The SMILES string of the molecule is CC1CCCC(C(NN)C2CCOC3(CCSCC3)C2)C1. The fourth-order valence-corrected chi connectivity index (χ4v) is 6.17. The van der Waals surface area contributed by atoms with E-state index in [0.717, 1.165) is 18.4 Å². The Morgan fingerprint density at radius 2 is 2.00 bits per heavy atom. The largest absolute Gasteiger partial charge is 0.375 e. The molecule has 1 saturated carbocycles. The van der Waals surface area contributed by atoms with E-state index in [1.807, 2.05) is 0 Å². The summed E-state index contributed by atoms with van der Waals surface area (Å²) in [5.74, 6) is 10.9. The van der Waals surface area contributed by atoms with Gasteiger partial charge in [0.15, 0.2) is 0 Å². The molecule has 3 aliphatic rings. The zero-order valence-electron chi connectivity index (χ0n) is 13.5. The summed E-state index contributed by atoms with van der Waals surface area (Å²) in [6, 6.07) is 0.503. The number of hydrogen-bond acceptors (Lipinski definition) is 4. The maximum absolute atomic E-state index is 6.26. The molecule has 0 radical (unpaired) electrons. The normalized spacial score (nSPS) is 38.3. The molecular weight excluding hydrogens is 280 g/mol. The zero-order chi connectivity index (χ0) is 14.7. The van der Waals surface area contributed by atoms with Crippen molar-refractivity contribution in [3.8, 4) is 0 Å². The summed E-state index contributed by atoms with van der Waals surface area (Å²) in [6.07, 6.45) is 10.4.